The normalized spacial score (nSPS) is 14.9. The van der Waals surface area contributed by atoms with Crippen molar-refractivity contribution in [1.29, 1.82) is 0 Å². The molecule has 1 aliphatic rings. The third-order valence-corrected chi connectivity index (χ3v) is 6.25. The van der Waals surface area contributed by atoms with Gasteiger partial charge in [0.1, 0.15) is 30.3 Å². The van der Waals surface area contributed by atoms with Crippen molar-refractivity contribution in [3.63, 3.8) is 0 Å². The number of aromatic nitrogens is 1. The van der Waals surface area contributed by atoms with Gasteiger partial charge in [0.15, 0.2) is 5.11 Å². The van der Waals surface area contributed by atoms with E-state index in [0.29, 0.717) is 18.8 Å². The van der Waals surface area contributed by atoms with Crippen LogP contribution in [0.1, 0.15) is 19.4 Å². The van der Waals surface area contributed by atoms with Gasteiger partial charge in [0, 0.05) is 29.7 Å². The van der Waals surface area contributed by atoms with Crippen LogP contribution < -0.4 is 9.47 Å². The van der Waals surface area contributed by atoms with Gasteiger partial charge in [0.25, 0.3) is 5.91 Å². The molecular formula is C27H29N3O5S. The molecule has 1 aliphatic heterocycles. The molecule has 0 atom stereocenters. The van der Waals surface area contributed by atoms with Crippen LogP contribution >= 0.6 is 12.2 Å². The van der Waals surface area contributed by atoms with Crippen LogP contribution in [0, 0.1) is 0 Å². The average Bonchev–Trinajstić information content (AvgIpc) is 3.31. The molecule has 0 saturated carbocycles. The topological polar surface area (TPSA) is 73.2 Å². The summed E-state index contributed by atoms with van der Waals surface area (Å²) in [6.07, 6.45) is 3.87. The molecule has 1 fully saturated rings. The molecule has 188 valence electrons. The van der Waals surface area contributed by atoms with E-state index in [-0.39, 0.29) is 23.7 Å². The number of likely N-dealkylation sites (N-methyl/N-ethyl adjacent to an activating group) is 1. The Labute approximate surface area is 215 Å². The molecule has 1 amide bonds. The van der Waals surface area contributed by atoms with Gasteiger partial charge in [-0.05, 0) is 62.5 Å². The third kappa shape index (κ3) is 5.36. The predicted molar refractivity (Wildman–Crippen MR) is 142 cm³/mol. The lowest BCUT2D eigenvalue weighted by molar-refractivity contribution is -0.140. The van der Waals surface area contributed by atoms with Crippen LogP contribution in [0.3, 0.4) is 0 Å². The molecule has 0 spiro atoms. The molecule has 36 heavy (non-hydrogen) atoms. The van der Waals surface area contributed by atoms with Gasteiger partial charge in [0.2, 0.25) is 0 Å². The number of methoxy groups -OCH3 is 1. The smallest absolute Gasteiger partial charge is 0.325 e. The fourth-order valence-electron chi connectivity index (χ4n) is 4.02. The maximum absolute atomic E-state index is 12.9. The van der Waals surface area contributed by atoms with Gasteiger partial charge < -0.3 is 23.7 Å². The molecule has 3 aromatic rings. The molecule has 0 aliphatic carbocycles. The quantitative estimate of drug-likeness (QED) is 0.246. The molecule has 4 rings (SSSR count). The van der Waals surface area contributed by atoms with Gasteiger partial charge in [-0.25, -0.2) is 0 Å². The monoisotopic (exact) mass is 507 g/mol. The van der Waals surface area contributed by atoms with Crippen molar-refractivity contribution >= 4 is 46.2 Å². The number of benzene rings is 2. The number of rotatable bonds is 9. The summed E-state index contributed by atoms with van der Waals surface area (Å²) in [5, 5.41) is 1.24. The summed E-state index contributed by atoms with van der Waals surface area (Å²) in [6, 6.07) is 15.5. The highest BCUT2D eigenvalue weighted by Gasteiger charge is 2.37. The van der Waals surface area contributed by atoms with Crippen LogP contribution in [0.2, 0.25) is 0 Å². The number of carbonyl (C=O) groups is 2. The molecule has 1 aromatic heterocycles. The van der Waals surface area contributed by atoms with E-state index in [1.54, 1.807) is 13.1 Å². The molecular weight excluding hydrogens is 478 g/mol. The molecule has 0 unspecified atom stereocenters. The second kappa shape index (κ2) is 10.8. The van der Waals surface area contributed by atoms with E-state index in [2.05, 4.69) is 4.57 Å². The van der Waals surface area contributed by atoms with Crippen molar-refractivity contribution in [1.82, 2.24) is 14.4 Å². The summed E-state index contributed by atoms with van der Waals surface area (Å²) in [7, 11) is 2.90. The number of hydrogen-bond donors (Lipinski definition) is 0. The Kier molecular flexibility index (Phi) is 7.59. The van der Waals surface area contributed by atoms with E-state index in [1.165, 1.54) is 16.9 Å². The van der Waals surface area contributed by atoms with E-state index >= 15 is 0 Å². The highest BCUT2D eigenvalue weighted by Crippen LogP contribution is 2.28. The Balaban J connectivity index is 1.55. The van der Waals surface area contributed by atoms with E-state index < -0.39 is 5.97 Å². The van der Waals surface area contributed by atoms with E-state index in [4.69, 9.17) is 26.4 Å². The van der Waals surface area contributed by atoms with Gasteiger partial charge >= 0.3 is 5.97 Å². The van der Waals surface area contributed by atoms with Gasteiger partial charge in [-0.2, -0.15) is 0 Å². The summed E-state index contributed by atoms with van der Waals surface area (Å²) >= 11 is 5.39. The second-order valence-corrected chi connectivity index (χ2v) is 8.99. The minimum atomic E-state index is -0.477. The Morgan fingerprint density at radius 1 is 1.08 bits per heavy atom. The number of thiocarbonyl (C=S) groups is 1. The number of esters is 1. The van der Waals surface area contributed by atoms with Gasteiger partial charge in [-0.1, -0.05) is 18.2 Å². The number of hydrogen-bond acceptors (Lipinski definition) is 6. The lowest BCUT2D eigenvalue weighted by atomic mass is 10.1. The number of nitrogens with zero attached hydrogens (tertiary/aromatic N) is 3. The lowest BCUT2D eigenvalue weighted by Crippen LogP contribution is -2.33. The Bertz CT molecular complexity index is 1310. The van der Waals surface area contributed by atoms with Crippen molar-refractivity contribution < 1.29 is 23.8 Å². The fraction of sp³-hybridized carbons (Fsp3) is 0.296. The van der Waals surface area contributed by atoms with E-state index in [0.717, 1.165) is 28.0 Å². The van der Waals surface area contributed by atoms with Crippen molar-refractivity contribution in [2.45, 2.75) is 26.5 Å². The molecule has 0 N–H and O–H groups in total. The van der Waals surface area contributed by atoms with Crippen LogP contribution in [-0.2, 0) is 20.9 Å². The summed E-state index contributed by atoms with van der Waals surface area (Å²) in [5.41, 5.74) is 2.18. The molecule has 1 saturated heterocycles. The second-order valence-electron chi connectivity index (χ2n) is 8.62. The number of para-hydroxylation sites is 1. The molecule has 0 bridgehead atoms. The van der Waals surface area contributed by atoms with Gasteiger partial charge in [-0.15, -0.1) is 0 Å². The maximum Gasteiger partial charge on any atom is 0.325 e. The minimum Gasteiger partial charge on any atom is -0.492 e. The minimum absolute atomic E-state index is 0.117. The summed E-state index contributed by atoms with van der Waals surface area (Å²) in [6.45, 7) is 4.90. The third-order valence-electron chi connectivity index (χ3n) is 5.76. The Morgan fingerprint density at radius 2 is 1.78 bits per heavy atom. The highest BCUT2D eigenvalue weighted by atomic mass is 32.1. The molecule has 0 radical (unpaired) electrons. The number of fused-ring (bicyclic) bond motifs is 1. The zero-order valence-electron chi connectivity index (χ0n) is 20.8. The van der Waals surface area contributed by atoms with E-state index in [1.807, 2.05) is 68.6 Å². The van der Waals surface area contributed by atoms with E-state index in [9.17, 15) is 9.59 Å². The van der Waals surface area contributed by atoms with Crippen molar-refractivity contribution in [3.05, 3.63) is 66.0 Å². The zero-order chi connectivity index (χ0) is 25.8. The van der Waals surface area contributed by atoms with Crippen LogP contribution in [0.15, 0.2) is 60.4 Å². The number of ether oxygens (including phenoxy) is 3. The molecule has 2 heterocycles. The first-order chi connectivity index (χ1) is 17.3. The van der Waals surface area contributed by atoms with Crippen LogP contribution in [-0.4, -0.2) is 64.8 Å². The van der Waals surface area contributed by atoms with Crippen LogP contribution in [0.5, 0.6) is 11.5 Å². The zero-order valence-corrected chi connectivity index (χ0v) is 21.6. The first-order valence-electron chi connectivity index (χ1n) is 11.6. The molecule has 9 heteroatoms. The largest absolute Gasteiger partial charge is 0.492 e. The van der Waals surface area contributed by atoms with Crippen molar-refractivity contribution in [2.75, 3.05) is 27.3 Å². The Hall–Kier alpha value is -3.85. The highest BCUT2D eigenvalue weighted by molar-refractivity contribution is 7.80. The SMILES string of the molecule is COC(=O)CN1C(=S)N(C)C(=O)/C1=C/c1cn(CCOc2ccc(OC(C)C)cc2)c2ccccc12. The predicted octanol–water partition coefficient (Wildman–Crippen LogP) is 4.08. The number of amides is 1. The van der Waals surface area contributed by atoms with Crippen molar-refractivity contribution in [3.8, 4) is 11.5 Å². The molecule has 2 aromatic carbocycles. The first-order valence-corrected chi connectivity index (χ1v) is 12.0. The maximum atomic E-state index is 12.9. The van der Waals surface area contributed by atoms with Gasteiger partial charge in [-0.3, -0.25) is 14.5 Å². The lowest BCUT2D eigenvalue weighted by Gasteiger charge is -2.16. The van der Waals surface area contributed by atoms with Crippen molar-refractivity contribution in [2.24, 2.45) is 0 Å². The van der Waals surface area contributed by atoms with Crippen LogP contribution in [0.25, 0.3) is 17.0 Å². The summed E-state index contributed by atoms with van der Waals surface area (Å²) in [4.78, 5) is 27.7. The fourth-order valence-corrected chi connectivity index (χ4v) is 4.26. The summed E-state index contributed by atoms with van der Waals surface area (Å²) in [5.74, 6) is 0.819. The summed E-state index contributed by atoms with van der Waals surface area (Å²) < 4.78 is 18.5. The number of carbonyl (C=O) groups excluding carboxylic acids is 2. The first kappa shape index (κ1) is 25.2. The van der Waals surface area contributed by atoms with Crippen LogP contribution in [0.4, 0.5) is 0 Å². The standard InChI is InChI=1S/C27H29N3O5S/c1-18(2)35-21-11-9-20(10-12-21)34-14-13-29-16-19(22-7-5-6-8-23(22)29)15-24-26(32)28(3)27(36)30(24)17-25(31)33-4/h5-12,15-16,18H,13-14,17H2,1-4H3/b24-15-. The Morgan fingerprint density at radius 3 is 2.47 bits per heavy atom. The molecule has 8 nitrogen and oxygen atoms in total. The average molecular weight is 508 g/mol. The van der Waals surface area contributed by atoms with Gasteiger partial charge in [0.05, 0.1) is 19.8 Å².